The Morgan fingerprint density at radius 2 is 2.44 bits per heavy atom. The fourth-order valence-corrected chi connectivity index (χ4v) is 2.83. The standard InChI is InChI=1S/C12H21N3S/c1-4-12(3)9-15(6-5-13-12)7-11-8-16-10(2)14-11/h8,13H,4-7,9H2,1-3H3. The van der Waals surface area contributed by atoms with Gasteiger partial charge in [-0.1, -0.05) is 6.92 Å². The van der Waals surface area contributed by atoms with Gasteiger partial charge in [0.1, 0.15) is 0 Å². The number of thiazole rings is 1. The van der Waals surface area contributed by atoms with Crippen LogP contribution in [0.25, 0.3) is 0 Å². The van der Waals surface area contributed by atoms with Gasteiger partial charge in [-0.3, -0.25) is 4.90 Å². The molecule has 0 radical (unpaired) electrons. The van der Waals surface area contributed by atoms with Crippen molar-refractivity contribution >= 4 is 11.3 Å². The van der Waals surface area contributed by atoms with Gasteiger partial charge in [-0.2, -0.15) is 0 Å². The third-order valence-electron chi connectivity index (χ3n) is 3.38. The molecule has 4 heteroatoms. The number of aromatic nitrogens is 1. The number of nitrogens with zero attached hydrogens (tertiary/aromatic N) is 2. The molecule has 1 aromatic rings. The number of nitrogens with one attached hydrogen (secondary N) is 1. The molecule has 0 spiro atoms. The van der Waals surface area contributed by atoms with E-state index in [9.17, 15) is 0 Å². The largest absolute Gasteiger partial charge is 0.309 e. The molecule has 0 aliphatic carbocycles. The predicted octanol–water partition coefficient (Wildman–Crippen LogP) is 2.03. The van der Waals surface area contributed by atoms with E-state index in [2.05, 4.69) is 41.4 Å². The molecule has 1 fully saturated rings. The lowest BCUT2D eigenvalue weighted by Gasteiger charge is -2.40. The Labute approximate surface area is 102 Å². The third kappa shape index (κ3) is 2.81. The van der Waals surface area contributed by atoms with Crippen LogP contribution in [0, 0.1) is 6.92 Å². The molecular weight excluding hydrogens is 218 g/mol. The fourth-order valence-electron chi connectivity index (χ4n) is 2.23. The van der Waals surface area contributed by atoms with Gasteiger partial charge in [-0.05, 0) is 20.3 Å². The van der Waals surface area contributed by atoms with E-state index in [0.717, 1.165) is 26.2 Å². The zero-order chi connectivity index (χ0) is 11.6. The summed E-state index contributed by atoms with van der Waals surface area (Å²) in [6.07, 6.45) is 1.18. The van der Waals surface area contributed by atoms with Crippen LogP contribution in [0.4, 0.5) is 0 Å². The minimum atomic E-state index is 0.281. The third-order valence-corrected chi connectivity index (χ3v) is 4.21. The summed E-state index contributed by atoms with van der Waals surface area (Å²) in [5.74, 6) is 0. The molecular formula is C12H21N3S. The zero-order valence-electron chi connectivity index (χ0n) is 10.4. The minimum Gasteiger partial charge on any atom is -0.309 e. The van der Waals surface area contributed by atoms with Gasteiger partial charge in [-0.25, -0.2) is 4.98 Å². The summed E-state index contributed by atoms with van der Waals surface area (Å²) in [6.45, 7) is 11.0. The van der Waals surface area contributed by atoms with Crippen molar-refractivity contribution in [3.05, 3.63) is 16.1 Å². The Bertz CT molecular complexity index is 350. The van der Waals surface area contributed by atoms with Gasteiger partial charge in [0, 0.05) is 37.1 Å². The quantitative estimate of drug-likeness (QED) is 0.875. The van der Waals surface area contributed by atoms with Crippen molar-refractivity contribution in [3.63, 3.8) is 0 Å². The predicted molar refractivity (Wildman–Crippen MR) is 68.8 cm³/mol. The maximum atomic E-state index is 4.53. The van der Waals surface area contributed by atoms with Crippen molar-refractivity contribution in [1.29, 1.82) is 0 Å². The highest BCUT2D eigenvalue weighted by molar-refractivity contribution is 7.09. The lowest BCUT2D eigenvalue weighted by molar-refractivity contribution is 0.132. The summed E-state index contributed by atoms with van der Waals surface area (Å²) in [5.41, 5.74) is 1.51. The van der Waals surface area contributed by atoms with Crippen molar-refractivity contribution in [2.75, 3.05) is 19.6 Å². The van der Waals surface area contributed by atoms with E-state index in [1.165, 1.54) is 17.1 Å². The Morgan fingerprint density at radius 1 is 1.62 bits per heavy atom. The molecule has 0 aromatic carbocycles. The Hall–Kier alpha value is -0.450. The first kappa shape index (κ1) is 12.0. The normalized spacial score (nSPS) is 27.2. The van der Waals surface area contributed by atoms with E-state index in [-0.39, 0.29) is 5.54 Å². The first-order valence-electron chi connectivity index (χ1n) is 6.00. The van der Waals surface area contributed by atoms with Crippen LogP contribution in [-0.4, -0.2) is 35.1 Å². The first-order valence-corrected chi connectivity index (χ1v) is 6.88. The molecule has 1 aromatic heterocycles. The highest BCUT2D eigenvalue weighted by Crippen LogP contribution is 2.18. The highest BCUT2D eigenvalue weighted by Gasteiger charge is 2.28. The molecule has 2 rings (SSSR count). The average Bonchev–Trinajstić information content (AvgIpc) is 2.64. The summed E-state index contributed by atoms with van der Waals surface area (Å²) in [4.78, 5) is 7.04. The summed E-state index contributed by atoms with van der Waals surface area (Å²) in [6, 6.07) is 0. The molecule has 16 heavy (non-hydrogen) atoms. The smallest absolute Gasteiger partial charge is 0.0897 e. The van der Waals surface area contributed by atoms with Crippen LogP contribution < -0.4 is 5.32 Å². The number of piperazine rings is 1. The summed E-state index contributed by atoms with van der Waals surface area (Å²) in [5, 5.41) is 6.96. The van der Waals surface area contributed by atoms with E-state index in [1.807, 2.05) is 0 Å². The van der Waals surface area contributed by atoms with Crippen molar-refractivity contribution in [2.24, 2.45) is 0 Å². The number of hydrogen-bond acceptors (Lipinski definition) is 4. The van der Waals surface area contributed by atoms with Crippen LogP contribution >= 0.6 is 11.3 Å². The Balaban J connectivity index is 1.95. The molecule has 1 saturated heterocycles. The SMILES string of the molecule is CCC1(C)CN(Cc2csc(C)n2)CCN1. The van der Waals surface area contributed by atoms with Crippen LogP contribution in [0.5, 0.6) is 0 Å². The second-order valence-corrected chi connectivity index (χ2v) is 5.97. The highest BCUT2D eigenvalue weighted by atomic mass is 32.1. The van der Waals surface area contributed by atoms with Gasteiger partial charge in [-0.15, -0.1) is 11.3 Å². The van der Waals surface area contributed by atoms with E-state index in [0.29, 0.717) is 0 Å². The maximum Gasteiger partial charge on any atom is 0.0897 e. The first-order chi connectivity index (χ1) is 7.61. The topological polar surface area (TPSA) is 28.2 Å². The van der Waals surface area contributed by atoms with Crippen molar-refractivity contribution in [1.82, 2.24) is 15.2 Å². The molecule has 2 heterocycles. The molecule has 1 unspecified atom stereocenters. The minimum absolute atomic E-state index is 0.281. The van der Waals surface area contributed by atoms with E-state index in [4.69, 9.17) is 0 Å². The van der Waals surface area contributed by atoms with E-state index in [1.54, 1.807) is 11.3 Å². The summed E-state index contributed by atoms with van der Waals surface area (Å²) >= 11 is 1.75. The Morgan fingerprint density at radius 3 is 3.06 bits per heavy atom. The molecule has 1 aliphatic rings. The van der Waals surface area contributed by atoms with Gasteiger partial charge in [0.2, 0.25) is 0 Å². The van der Waals surface area contributed by atoms with Crippen LogP contribution in [0.15, 0.2) is 5.38 Å². The fraction of sp³-hybridized carbons (Fsp3) is 0.750. The lowest BCUT2D eigenvalue weighted by Crippen LogP contribution is -2.58. The Kier molecular flexibility index (Phi) is 3.62. The van der Waals surface area contributed by atoms with Crippen LogP contribution in [-0.2, 0) is 6.54 Å². The maximum absolute atomic E-state index is 4.53. The average molecular weight is 239 g/mol. The van der Waals surface area contributed by atoms with E-state index < -0.39 is 0 Å². The van der Waals surface area contributed by atoms with Gasteiger partial charge >= 0.3 is 0 Å². The number of hydrogen-bond donors (Lipinski definition) is 1. The van der Waals surface area contributed by atoms with Gasteiger partial charge < -0.3 is 5.32 Å². The monoisotopic (exact) mass is 239 g/mol. The van der Waals surface area contributed by atoms with Crippen LogP contribution in [0.1, 0.15) is 31.0 Å². The van der Waals surface area contributed by atoms with Gasteiger partial charge in [0.15, 0.2) is 0 Å². The van der Waals surface area contributed by atoms with Crippen LogP contribution in [0.3, 0.4) is 0 Å². The van der Waals surface area contributed by atoms with Crippen molar-refractivity contribution in [3.8, 4) is 0 Å². The molecule has 0 saturated carbocycles. The van der Waals surface area contributed by atoms with Crippen LogP contribution in [0.2, 0.25) is 0 Å². The van der Waals surface area contributed by atoms with E-state index >= 15 is 0 Å². The molecule has 0 bridgehead atoms. The number of rotatable bonds is 3. The lowest BCUT2D eigenvalue weighted by atomic mass is 9.96. The molecule has 90 valence electrons. The summed E-state index contributed by atoms with van der Waals surface area (Å²) in [7, 11) is 0. The summed E-state index contributed by atoms with van der Waals surface area (Å²) < 4.78 is 0. The molecule has 1 aliphatic heterocycles. The second-order valence-electron chi connectivity index (χ2n) is 4.91. The van der Waals surface area contributed by atoms with Crippen molar-refractivity contribution in [2.45, 2.75) is 39.3 Å². The van der Waals surface area contributed by atoms with Gasteiger partial charge in [0.25, 0.3) is 0 Å². The molecule has 1 atom stereocenters. The molecule has 0 amide bonds. The second kappa shape index (κ2) is 4.82. The van der Waals surface area contributed by atoms with Gasteiger partial charge in [0.05, 0.1) is 10.7 Å². The molecule has 3 nitrogen and oxygen atoms in total. The number of aryl methyl sites for hydroxylation is 1. The van der Waals surface area contributed by atoms with Crippen molar-refractivity contribution < 1.29 is 0 Å². The molecule has 1 N–H and O–H groups in total. The zero-order valence-corrected chi connectivity index (χ0v) is 11.2.